The maximum Gasteiger partial charge on any atom is 0.119 e. The summed E-state index contributed by atoms with van der Waals surface area (Å²) in [6, 6.07) is 0. The molecule has 1 fully saturated rings. The molecule has 1 saturated carbocycles. The lowest BCUT2D eigenvalue weighted by molar-refractivity contribution is 0.969. The van der Waals surface area contributed by atoms with E-state index in [9.17, 15) is 0 Å². The van der Waals surface area contributed by atoms with E-state index in [1.165, 1.54) is 18.4 Å². The molecule has 11 heavy (non-hydrogen) atoms. The number of hydrogen-bond donors (Lipinski definition) is 0. The molecule has 2 radical (unpaired) electrons. The molecule has 0 aliphatic heterocycles. The second-order valence-corrected chi connectivity index (χ2v) is 2.91. The van der Waals surface area contributed by atoms with Crippen molar-refractivity contribution < 1.29 is 0 Å². The van der Waals surface area contributed by atoms with Crippen molar-refractivity contribution in [2.24, 2.45) is 0 Å². The summed E-state index contributed by atoms with van der Waals surface area (Å²) >= 11 is 0. The molecule has 0 bridgehead atoms. The maximum atomic E-state index is 5.37. The van der Waals surface area contributed by atoms with E-state index in [0.29, 0.717) is 6.32 Å². The van der Waals surface area contributed by atoms with Gasteiger partial charge in [-0.3, -0.25) is 0 Å². The SMILES string of the molecule is [B]Cc1ncc(C2CC2)cn1. The fraction of sp³-hybridized carbons (Fsp3) is 0.500. The van der Waals surface area contributed by atoms with Crippen LogP contribution < -0.4 is 0 Å². The van der Waals surface area contributed by atoms with Crippen LogP contribution in [0.25, 0.3) is 0 Å². The minimum absolute atomic E-state index is 0.435. The average Bonchev–Trinajstić information content (AvgIpc) is 2.87. The minimum atomic E-state index is 0.435. The summed E-state index contributed by atoms with van der Waals surface area (Å²) in [5.74, 6) is 1.47. The van der Waals surface area contributed by atoms with Gasteiger partial charge in [-0.25, -0.2) is 9.97 Å². The monoisotopic (exact) mass is 144 g/mol. The highest BCUT2D eigenvalue weighted by molar-refractivity contribution is 6.07. The summed E-state index contributed by atoms with van der Waals surface area (Å²) < 4.78 is 0. The van der Waals surface area contributed by atoms with Crippen molar-refractivity contribution in [2.75, 3.05) is 0 Å². The van der Waals surface area contributed by atoms with Gasteiger partial charge in [-0.2, -0.15) is 0 Å². The van der Waals surface area contributed by atoms with Crippen LogP contribution in [-0.2, 0) is 6.32 Å². The molecular formula is C8H9BN2. The molecule has 2 rings (SSSR count). The molecule has 1 aromatic heterocycles. The molecule has 1 aliphatic carbocycles. The lowest BCUT2D eigenvalue weighted by Gasteiger charge is -1.97. The number of aromatic nitrogens is 2. The summed E-state index contributed by atoms with van der Waals surface area (Å²) in [5, 5.41) is 0. The Labute approximate surface area is 67.5 Å². The van der Waals surface area contributed by atoms with Crippen LogP contribution in [0.2, 0.25) is 0 Å². The van der Waals surface area contributed by atoms with Gasteiger partial charge in [-0.15, -0.1) is 0 Å². The molecule has 0 spiro atoms. The minimum Gasteiger partial charge on any atom is -0.242 e. The molecule has 0 amide bonds. The van der Waals surface area contributed by atoms with Gasteiger partial charge in [0.25, 0.3) is 0 Å². The molecule has 54 valence electrons. The van der Waals surface area contributed by atoms with E-state index in [-0.39, 0.29) is 0 Å². The van der Waals surface area contributed by atoms with Crippen LogP contribution in [0.1, 0.15) is 30.1 Å². The van der Waals surface area contributed by atoms with Crippen LogP contribution in [0.5, 0.6) is 0 Å². The third-order valence-corrected chi connectivity index (χ3v) is 1.96. The first-order valence-corrected chi connectivity index (χ1v) is 3.91. The molecule has 0 unspecified atom stereocenters. The predicted octanol–water partition coefficient (Wildman–Crippen LogP) is 1.02. The molecule has 3 heteroatoms. The molecule has 1 aliphatic rings. The van der Waals surface area contributed by atoms with E-state index in [0.717, 1.165) is 11.7 Å². The summed E-state index contributed by atoms with van der Waals surface area (Å²) in [5.41, 5.74) is 1.27. The summed E-state index contributed by atoms with van der Waals surface area (Å²) in [6.45, 7) is 0. The lowest BCUT2D eigenvalue weighted by Crippen LogP contribution is -1.95. The summed E-state index contributed by atoms with van der Waals surface area (Å²) in [4.78, 5) is 8.24. The number of nitrogens with zero attached hydrogens (tertiary/aromatic N) is 2. The lowest BCUT2D eigenvalue weighted by atomic mass is 10.1. The van der Waals surface area contributed by atoms with Gasteiger partial charge in [0, 0.05) is 12.4 Å². The normalized spacial score (nSPS) is 16.7. The molecule has 2 nitrogen and oxygen atoms in total. The molecule has 1 heterocycles. The van der Waals surface area contributed by atoms with Gasteiger partial charge in [-0.05, 0) is 30.6 Å². The Morgan fingerprint density at radius 1 is 1.36 bits per heavy atom. The van der Waals surface area contributed by atoms with Crippen LogP contribution in [0.15, 0.2) is 12.4 Å². The smallest absolute Gasteiger partial charge is 0.119 e. The average molecular weight is 144 g/mol. The Morgan fingerprint density at radius 2 is 2.00 bits per heavy atom. The topological polar surface area (TPSA) is 25.8 Å². The molecule has 0 atom stereocenters. The molecule has 0 N–H and O–H groups in total. The van der Waals surface area contributed by atoms with E-state index >= 15 is 0 Å². The first-order chi connectivity index (χ1) is 5.40. The van der Waals surface area contributed by atoms with Gasteiger partial charge in [0.15, 0.2) is 0 Å². The van der Waals surface area contributed by atoms with E-state index in [2.05, 4.69) is 9.97 Å². The standard InChI is InChI=1S/C8H9BN2/c9-3-8-10-4-7(5-11-8)6-1-2-6/h4-6H,1-3H2. The van der Waals surface area contributed by atoms with E-state index in [1.807, 2.05) is 12.4 Å². The maximum absolute atomic E-state index is 5.37. The third kappa shape index (κ3) is 1.42. The van der Waals surface area contributed by atoms with E-state index in [1.54, 1.807) is 0 Å². The highest BCUT2D eigenvalue weighted by atomic mass is 14.9. The zero-order chi connectivity index (χ0) is 7.68. The van der Waals surface area contributed by atoms with Crippen molar-refractivity contribution in [3.05, 3.63) is 23.8 Å². The van der Waals surface area contributed by atoms with Crippen molar-refractivity contribution in [3.8, 4) is 0 Å². The van der Waals surface area contributed by atoms with Crippen molar-refractivity contribution in [1.29, 1.82) is 0 Å². The van der Waals surface area contributed by atoms with Crippen molar-refractivity contribution in [3.63, 3.8) is 0 Å². The summed E-state index contributed by atoms with van der Waals surface area (Å²) in [6.07, 6.45) is 6.82. The van der Waals surface area contributed by atoms with E-state index < -0.39 is 0 Å². The fourth-order valence-electron chi connectivity index (χ4n) is 1.10. The Hall–Kier alpha value is -0.855. The first-order valence-electron chi connectivity index (χ1n) is 3.91. The quantitative estimate of drug-likeness (QED) is 0.579. The van der Waals surface area contributed by atoms with Crippen molar-refractivity contribution >= 4 is 7.85 Å². The Balaban J connectivity index is 2.19. The van der Waals surface area contributed by atoms with Crippen LogP contribution in [0, 0.1) is 0 Å². The Bertz CT molecular complexity index is 241. The van der Waals surface area contributed by atoms with Crippen LogP contribution >= 0.6 is 0 Å². The molecule has 0 aromatic carbocycles. The zero-order valence-corrected chi connectivity index (χ0v) is 6.33. The van der Waals surface area contributed by atoms with Gasteiger partial charge in [-0.1, -0.05) is 0 Å². The second kappa shape index (κ2) is 2.64. The predicted molar refractivity (Wildman–Crippen MR) is 43.5 cm³/mol. The molecule has 1 aromatic rings. The van der Waals surface area contributed by atoms with E-state index in [4.69, 9.17) is 7.85 Å². The third-order valence-electron chi connectivity index (χ3n) is 1.96. The second-order valence-electron chi connectivity index (χ2n) is 2.91. The van der Waals surface area contributed by atoms with Crippen LogP contribution in [-0.4, -0.2) is 17.8 Å². The van der Waals surface area contributed by atoms with Gasteiger partial charge < -0.3 is 0 Å². The molecular weight excluding hydrogens is 135 g/mol. The first kappa shape index (κ1) is 6.83. The Morgan fingerprint density at radius 3 is 2.45 bits per heavy atom. The van der Waals surface area contributed by atoms with Gasteiger partial charge in [0.05, 0.1) is 7.85 Å². The fourth-order valence-corrected chi connectivity index (χ4v) is 1.10. The number of rotatable bonds is 2. The van der Waals surface area contributed by atoms with Gasteiger partial charge in [0.1, 0.15) is 5.82 Å². The number of hydrogen-bond acceptors (Lipinski definition) is 2. The highest BCUT2D eigenvalue weighted by Gasteiger charge is 2.23. The largest absolute Gasteiger partial charge is 0.242 e. The van der Waals surface area contributed by atoms with Crippen LogP contribution in [0.4, 0.5) is 0 Å². The summed E-state index contributed by atoms with van der Waals surface area (Å²) in [7, 11) is 5.37. The van der Waals surface area contributed by atoms with Gasteiger partial charge >= 0.3 is 0 Å². The van der Waals surface area contributed by atoms with Crippen molar-refractivity contribution in [1.82, 2.24) is 9.97 Å². The zero-order valence-electron chi connectivity index (χ0n) is 6.33. The Kier molecular flexibility index (Phi) is 1.64. The highest BCUT2D eigenvalue weighted by Crippen LogP contribution is 2.39. The molecule has 0 saturated heterocycles. The van der Waals surface area contributed by atoms with Crippen LogP contribution in [0.3, 0.4) is 0 Å². The van der Waals surface area contributed by atoms with Gasteiger partial charge in [0.2, 0.25) is 0 Å². The van der Waals surface area contributed by atoms with Crippen molar-refractivity contribution in [2.45, 2.75) is 25.1 Å².